The van der Waals surface area contributed by atoms with E-state index in [0.29, 0.717) is 18.6 Å². The molecule has 1 aromatic rings. The quantitative estimate of drug-likeness (QED) is 0.0413. The molecule has 0 bridgehead atoms. The summed E-state index contributed by atoms with van der Waals surface area (Å²) >= 11 is 0. The Morgan fingerprint density at radius 2 is 1.45 bits per heavy atom. The lowest BCUT2D eigenvalue weighted by atomic mass is 10.1. The van der Waals surface area contributed by atoms with Gasteiger partial charge in [0.25, 0.3) is 0 Å². The van der Waals surface area contributed by atoms with Crippen LogP contribution in [0, 0.1) is 0 Å². The highest BCUT2D eigenvalue weighted by Gasteiger charge is 2.17. The largest absolute Gasteiger partial charge is 0.494 e. The molecule has 0 spiro atoms. The molecular weight excluding hydrogens is 560 g/mol. The molecule has 2 atom stereocenters. The summed E-state index contributed by atoms with van der Waals surface area (Å²) in [7, 11) is 1.50. The minimum atomic E-state index is -0.621. The fourth-order valence-electron chi connectivity index (χ4n) is 4.58. The van der Waals surface area contributed by atoms with Gasteiger partial charge in [0, 0.05) is 13.5 Å². The van der Waals surface area contributed by atoms with Crippen molar-refractivity contribution < 1.29 is 38.4 Å². The molecule has 0 heterocycles. The SMILES string of the molecule is CCCCCCOc1ccc(C(=O)OCC(COC(=O)CCCCCCC/C=C\C[C@H](O)CCCCCC)OCOC)cc1. The number of esters is 2. The van der Waals surface area contributed by atoms with E-state index in [1.807, 2.05) is 0 Å². The number of carbonyl (C=O) groups excluding carboxylic acids is 2. The molecule has 0 amide bonds. The normalized spacial score (nSPS) is 12.7. The molecule has 0 aliphatic heterocycles. The van der Waals surface area contributed by atoms with Gasteiger partial charge in [-0.25, -0.2) is 4.79 Å². The van der Waals surface area contributed by atoms with Crippen molar-refractivity contribution in [2.45, 2.75) is 135 Å². The van der Waals surface area contributed by atoms with Crippen LogP contribution in [0.4, 0.5) is 0 Å². The van der Waals surface area contributed by atoms with Gasteiger partial charge in [-0.1, -0.05) is 90.2 Å². The van der Waals surface area contributed by atoms with Crippen molar-refractivity contribution >= 4 is 11.9 Å². The molecule has 0 aromatic heterocycles. The number of hydrogen-bond acceptors (Lipinski definition) is 8. The van der Waals surface area contributed by atoms with Crippen LogP contribution in [0.3, 0.4) is 0 Å². The van der Waals surface area contributed by atoms with E-state index in [4.69, 9.17) is 23.7 Å². The second-order valence-corrected chi connectivity index (χ2v) is 11.4. The summed E-state index contributed by atoms with van der Waals surface area (Å²) in [6.45, 7) is 4.96. The van der Waals surface area contributed by atoms with Crippen LogP contribution < -0.4 is 4.74 Å². The maximum absolute atomic E-state index is 12.5. The molecule has 8 heteroatoms. The lowest BCUT2D eigenvalue weighted by Crippen LogP contribution is -2.29. The van der Waals surface area contributed by atoms with Gasteiger partial charge in [0.05, 0.1) is 18.3 Å². The Labute approximate surface area is 266 Å². The molecule has 44 heavy (non-hydrogen) atoms. The highest BCUT2D eigenvalue weighted by molar-refractivity contribution is 5.89. The van der Waals surface area contributed by atoms with E-state index in [1.165, 1.54) is 39.2 Å². The van der Waals surface area contributed by atoms with Crippen molar-refractivity contribution in [1.82, 2.24) is 0 Å². The van der Waals surface area contributed by atoms with Crippen LogP contribution in [0.1, 0.15) is 133 Å². The van der Waals surface area contributed by atoms with E-state index in [9.17, 15) is 14.7 Å². The zero-order chi connectivity index (χ0) is 32.1. The van der Waals surface area contributed by atoms with Crippen molar-refractivity contribution in [3.63, 3.8) is 0 Å². The van der Waals surface area contributed by atoms with Crippen LogP contribution in [0.25, 0.3) is 0 Å². The first-order valence-electron chi connectivity index (χ1n) is 17.0. The highest BCUT2D eigenvalue weighted by atomic mass is 16.7. The van der Waals surface area contributed by atoms with Crippen molar-refractivity contribution in [2.24, 2.45) is 0 Å². The zero-order valence-electron chi connectivity index (χ0n) is 27.8. The van der Waals surface area contributed by atoms with E-state index in [1.54, 1.807) is 24.3 Å². The fraction of sp³-hybridized carbons (Fsp3) is 0.722. The number of unbranched alkanes of at least 4 members (excludes halogenated alkanes) is 11. The van der Waals surface area contributed by atoms with Gasteiger partial charge in [0.2, 0.25) is 0 Å². The van der Waals surface area contributed by atoms with Crippen LogP contribution >= 0.6 is 0 Å². The first-order chi connectivity index (χ1) is 21.5. The van der Waals surface area contributed by atoms with Gasteiger partial charge >= 0.3 is 11.9 Å². The molecule has 1 unspecified atom stereocenters. The average Bonchev–Trinajstić information content (AvgIpc) is 3.03. The van der Waals surface area contributed by atoms with Gasteiger partial charge in [-0.3, -0.25) is 4.79 Å². The predicted molar refractivity (Wildman–Crippen MR) is 175 cm³/mol. The Bertz CT molecular complexity index is 854. The lowest BCUT2D eigenvalue weighted by Gasteiger charge is -2.17. The van der Waals surface area contributed by atoms with Crippen molar-refractivity contribution in [2.75, 3.05) is 33.7 Å². The van der Waals surface area contributed by atoms with Crippen molar-refractivity contribution in [3.8, 4) is 5.75 Å². The number of ether oxygens (including phenoxy) is 5. The summed E-state index contributed by atoms with van der Waals surface area (Å²) in [6, 6.07) is 6.87. The van der Waals surface area contributed by atoms with E-state index >= 15 is 0 Å². The molecule has 0 radical (unpaired) electrons. The molecule has 0 aliphatic rings. The number of methoxy groups -OCH3 is 1. The van der Waals surface area contributed by atoms with Gasteiger partial charge in [-0.2, -0.15) is 0 Å². The van der Waals surface area contributed by atoms with Crippen LogP contribution in [0.5, 0.6) is 5.75 Å². The molecule has 0 fully saturated rings. The summed E-state index contributed by atoms with van der Waals surface area (Å²) in [4.78, 5) is 24.8. The molecule has 1 rings (SSSR count). The summed E-state index contributed by atoms with van der Waals surface area (Å²) < 4.78 is 27.0. The number of benzene rings is 1. The standard InChI is InChI=1S/C36H60O8/c1-4-6-8-16-20-32(37)21-17-14-12-10-11-13-15-18-22-35(38)42-28-34(44-30-40-3)29-43-36(39)31-23-25-33(26-24-31)41-27-19-9-7-5-2/h14,17,23-26,32,34,37H,4-13,15-16,18-22,27-30H2,1-3H3/b17-14-/t32-,34?/m1/s1. The highest BCUT2D eigenvalue weighted by Crippen LogP contribution is 2.15. The lowest BCUT2D eigenvalue weighted by molar-refractivity contribution is -0.154. The predicted octanol–water partition coefficient (Wildman–Crippen LogP) is 8.34. The smallest absolute Gasteiger partial charge is 0.338 e. The summed E-state index contributed by atoms with van der Waals surface area (Å²) in [5.41, 5.74) is 0.411. The first-order valence-corrected chi connectivity index (χ1v) is 17.0. The third-order valence-corrected chi connectivity index (χ3v) is 7.33. The zero-order valence-corrected chi connectivity index (χ0v) is 27.8. The number of hydrogen-bond donors (Lipinski definition) is 1. The van der Waals surface area contributed by atoms with Crippen molar-refractivity contribution in [3.05, 3.63) is 42.0 Å². The Hall–Kier alpha value is -2.42. The maximum atomic E-state index is 12.5. The molecule has 252 valence electrons. The Morgan fingerprint density at radius 1 is 0.795 bits per heavy atom. The first kappa shape index (κ1) is 39.6. The third-order valence-electron chi connectivity index (χ3n) is 7.33. The van der Waals surface area contributed by atoms with E-state index < -0.39 is 12.1 Å². The summed E-state index contributed by atoms with van der Waals surface area (Å²) in [5.74, 6) is -0.0504. The summed E-state index contributed by atoms with van der Waals surface area (Å²) in [6.07, 6.45) is 20.8. The minimum Gasteiger partial charge on any atom is -0.494 e. The van der Waals surface area contributed by atoms with Crippen LogP contribution in [0.15, 0.2) is 36.4 Å². The molecule has 0 saturated carbocycles. The molecule has 8 nitrogen and oxygen atoms in total. The van der Waals surface area contributed by atoms with Gasteiger partial charge in [0.15, 0.2) is 0 Å². The monoisotopic (exact) mass is 620 g/mol. The van der Waals surface area contributed by atoms with Gasteiger partial charge < -0.3 is 28.8 Å². The maximum Gasteiger partial charge on any atom is 0.338 e. The van der Waals surface area contributed by atoms with Gasteiger partial charge in [-0.05, 0) is 62.8 Å². The van der Waals surface area contributed by atoms with E-state index in [2.05, 4.69) is 26.0 Å². The van der Waals surface area contributed by atoms with E-state index in [-0.39, 0.29) is 32.1 Å². The van der Waals surface area contributed by atoms with E-state index in [0.717, 1.165) is 76.4 Å². The summed E-state index contributed by atoms with van der Waals surface area (Å²) in [5, 5.41) is 10.0. The number of carbonyl (C=O) groups is 2. The topological polar surface area (TPSA) is 101 Å². The Balaban J connectivity index is 2.18. The Kier molecular flexibility index (Phi) is 25.3. The van der Waals surface area contributed by atoms with Gasteiger partial charge in [-0.15, -0.1) is 0 Å². The molecule has 0 aliphatic carbocycles. The molecular formula is C36H60O8. The molecule has 1 aromatic carbocycles. The van der Waals surface area contributed by atoms with Gasteiger partial charge in [0.1, 0.15) is 31.9 Å². The number of allylic oxidation sites excluding steroid dienone is 1. The number of aliphatic hydroxyl groups is 1. The number of rotatable bonds is 29. The molecule has 0 saturated heterocycles. The molecule has 1 N–H and O–H groups in total. The van der Waals surface area contributed by atoms with Crippen LogP contribution in [-0.2, 0) is 23.7 Å². The minimum absolute atomic E-state index is 0.00111. The van der Waals surface area contributed by atoms with Crippen LogP contribution in [-0.4, -0.2) is 63.0 Å². The van der Waals surface area contributed by atoms with Crippen molar-refractivity contribution in [1.29, 1.82) is 0 Å². The Morgan fingerprint density at radius 3 is 2.18 bits per heavy atom. The fourth-order valence-corrected chi connectivity index (χ4v) is 4.58. The second-order valence-electron chi connectivity index (χ2n) is 11.4. The number of aliphatic hydroxyl groups excluding tert-OH is 1. The average molecular weight is 621 g/mol. The second kappa shape index (κ2) is 28.1. The van der Waals surface area contributed by atoms with Crippen LogP contribution in [0.2, 0.25) is 0 Å². The third kappa shape index (κ3) is 22.1.